The molecule has 2 aliphatic heterocycles. The van der Waals surface area contributed by atoms with Crippen LogP contribution in [0, 0.1) is 10.1 Å². The summed E-state index contributed by atoms with van der Waals surface area (Å²) in [5.41, 5.74) is 0.873. The normalized spacial score (nSPS) is 20.0. The quantitative estimate of drug-likeness (QED) is 0.475. The number of benzene rings is 1. The van der Waals surface area contributed by atoms with Gasteiger partial charge in [0.25, 0.3) is 11.6 Å². The summed E-state index contributed by atoms with van der Waals surface area (Å²) in [5, 5.41) is 11.3. The molecule has 0 N–H and O–H groups in total. The van der Waals surface area contributed by atoms with Crippen LogP contribution in [0.2, 0.25) is 0 Å². The van der Waals surface area contributed by atoms with Crippen LogP contribution in [0.5, 0.6) is 0 Å². The van der Waals surface area contributed by atoms with Gasteiger partial charge in [0.2, 0.25) is 0 Å². The zero-order valence-corrected chi connectivity index (χ0v) is 13.6. The number of allylic oxidation sites excluding steroid dienone is 2. The van der Waals surface area contributed by atoms with Crippen molar-refractivity contribution < 1.29 is 14.5 Å². The third-order valence-corrected chi connectivity index (χ3v) is 4.59. The molecule has 1 amide bonds. The van der Waals surface area contributed by atoms with Crippen molar-refractivity contribution >= 4 is 34.6 Å². The smallest absolute Gasteiger partial charge is 0.286 e. The summed E-state index contributed by atoms with van der Waals surface area (Å²) in [5.74, 6) is -0.241. The Hall–Kier alpha value is -2.45. The zero-order valence-electron chi connectivity index (χ0n) is 12.8. The SMILES string of the molecule is O=C1N=C(N2CCOCC2)S/C1=C/C=C/c1ccc([N+](=O)[O-])cc1. The van der Waals surface area contributed by atoms with Crippen LogP contribution in [-0.4, -0.2) is 47.2 Å². The lowest BCUT2D eigenvalue weighted by Gasteiger charge is -2.27. The van der Waals surface area contributed by atoms with Gasteiger partial charge in [-0.05, 0) is 35.5 Å². The minimum absolute atomic E-state index is 0.0515. The van der Waals surface area contributed by atoms with Crippen LogP contribution >= 0.6 is 11.8 Å². The van der Waals surface area contributed by atoms with E-state index < -0.39 is 4.92 Å². The number of amides is 1. The second-order valence-electron chi connectivity index (χ2n) is 5.14. The molecule has 1 aromatic rings. The average molecular weight is 345 g/mol. The first-order valence-corrected chi connectivity index (χ1v) is 8.21. The Morgan fingerprint density at radius 1 is 1.25 bits per heavy atom. The second-order valence-corrected chi connectivity index (χ2v) is 6.15. The Bertz CT molecular complexity index is 734. The number of hydrogen-bond donors (Lipinski definition) is 0. The number of amidine groups is 1. The standard InChI is InChI=1S/C16H15N3O4S/c20-15-14(24-16(17-15)18-8-10-23-11-9-18)3-1-2-12-4-6-13(7-5-12)19(21)22/h1-7H,8-11H2/b2-1+,14-3+. The van der Waals surface area contributed by atoms with Gasteiger partial charge in [-0.25, -0.2) is 0 Å². The highest BCUT2D eigenvalue weighted by Crippen LogP contribution is 2.28. The van der Waals surface area contributed by atoms with E-state index in [4.69, 9.17) is 4.74 Å². The largest absolute Gasteiger partial charge is 0.378 e. The van der Waals surface area contributed by atoms with Crippen LogP contribution in [0.3, 0.4) is 0 Å². The Kier molecular flexibility index (Phi) is 5.07. The molecule has 2 aliphatic rings. The van der Waals surface area contributed by atoms with E-state index in [1.165, 1.54) is 23.9 Å². The lowest BCUT2D eigenvalue weighted by atomic mass is 10.2. The fraction of sp³-hybridized carbons (Fsp3) is 0.250. The maximum Gasteiger partial charge on any atom is 0.286 e. The van der Waals surface area contributed by atoms with Crippen LogP contribution in [-0.2, 0) is 9.53 Å². The van der Waals surface area contributed by atoms with Gasteiger partial charge in [0.15, 0.2) is 5.17 Å². The van der Waals surface area contributed by atoms with Crippen LogP contribution < -0.4 is 0 Å². The van der Waals surface area contributed by atoms with E-state index in [0.717, 1.165) is 23.8 Å². The number of hydrogen-bond acceptors (Lipinski definition) is 6. The maximum absolute atomic E-state index is 11.9. The summed E-state index contributed by atoms with van der Waals surface area (Å²) in [6.07, 6.45) is 5.25. The number of thioether (sulfide) groups is 1. The predicted octanol–water partition coefficient (Wildman–Crippen LogP) is 2.45. The highest BCUT2D eigenvalue weighted by Gasteiger charge is 2.26. The Balaban J connectivity index is 1.62. The number of nitrogens with zero attached hydrogens (tertiary/aromatic N) is 3. The van der Waals surface area contributed by atoms with Gasteiger partial charge < -0.3 is 9.64 Å². The van der Waals surface area contributed by atoms with Gasteiger partial charge in [-0.1, -0.05) is 12.2 Å². The number of nitro benzene ring substituents is 1. The number of aliphatic imine (C=N–C) groups is 1. The van der Waals surface area contributed by atoms with E-state index in [-0.39, 0.29) is 11.6 Å². The molecule has 1 aromatic carbocycles. The first kappa shape index (κ1) is 16.4. The van der Waals surface area contributed by atoms with Crippen molar-refractivity contribution in [3.05, 3.63) is 57.0 Å². The molecule has 7 nitrogen and oxygen atoms in total. The molecule has 0 aromatic heterocycles. The predicted molar refractivity (Wildman–Crippen MR) is 92.6 cm³/mol. The number of carbonyl (C=O) groups is 1. The van der Waals surface area contributed by atoms with Crippen LogP contribution in [0.15, 0.2) is 46.3 Å². The highest BCUT2D eigenvalue weighted by atomic mass is 32.2. The van der Waals surface area contributed by atoms with Gasteiger partial charge in [-0.2, -0.15) is 4.99 Å². The maximum atomic E-state index is 11.9. The number of rotatable bonds is 3. The van der Waals surface area contributed by atoms with Crippen molar-refractivity contribution in [1.29, 1.82) is 0 Å². The average Bonchev–Trinajstić information content (AvgIpc) is 2.97. The van der Waals surface area contributed by atoms with Gasteiger partial charge in [0.1, 0.15) is 0 Å². The number of morpholine rings is 1. The number of carbonyl (C=O) groups excluding carboxylic acids is 1. The zero-order chi connectivity index (χ0) is 16.9. The third-order valence-electron chi connectivity index (χ3n) is 3.53. The summed E-state index contributed by atoms with van der Waals surface area (Å²) in [4.78, 5) is 28.8. The molecule has 0 atom stereocenters. The van der Waals surface area contributed by atoms with Crippen molar-refractivity contribution in [2.24, 2.45) is 4.99 Å². The topological polar surface area (TPSA) is 85.0 Å². The van der Waals surface area contributed by atoms with E-state index in [0.29, 0.717) is 18.1 Å². The van der Waals surface area contributed by atoms with Crippen LogP contribution in [0.1, 0.15) is 5.56 Å². The fourth-order valence-corrected chi connectivity index (χ4v) is 3.17. The molecule has 8 heteroatoms. The molecule has 0 bridgehead atoms. The van der Waals surface area contributed by atoms with Gasteiger partial charge in [0, 0.05) is 25.2 Å². The molecule has 0 unspecified atom stereocenters. The van der Waals surface area contributed by atoms with Crippen molar-refractivity contribution in [3.63, 3.8) is 0 Å². The van der Waals surface area contributed by atoms with Gasteiger partial charge in [0.05, 0.1) is 23.0 Å². The van der Waals surface area contributed by atoms with E-state index in [9.17, 15) is 14.9 Å². The van der Waals surface area contributed by atoms with Crippen LogP contribution in [0.25, 0.3) is 6.08 Å². The van der Waals surface area contributed by atoms with Crippen molar-refractivity contribution in [2.75, 3.05) is 26.3 Å². The van der Waals surface area contributed by atoms with Crippen molar-refractivity contribution in [1.82, 2.24) is 4.90 Å². The lowest BCUT2D eigenvalue weighted by Crippen LogP contribution is -2.38. The molecule has 1 saturated heterocycles. The van der Waals surface area contributed by atoms with E-state index in [2.05, 4.69) is 4.99 Å². The van der Waals surface area contributed by atoms with E-state index in [1.807, 2.05) is 4.90 Å². The Morgan fingerprint density at radius 3 is 2.62 bits per heavy atom. The molecular formula is C16H15N3O4S. The molecule has 24 heavy (non-hydrogen) atoms. The number of nitro groups is 1. The highest BCUT2D eigenvalue weighted by molar-refractivity contribution is 8.18. The molecular weight excluding hydrogens is 330 g/mol. The van der Waals surface area contributed by atoms with E-state index >= 15 is 0 Å². The number of ether oxygens (including phenoxy) is 1. The van der Waals surface area contributed by atoms with Gasteiger partial charge >= 0.3 is 0 Å². The van der Waals surface area contributed by atoms with E-state index in [1.54, 1.807) is 30.4 Å². The van der Waals surface area contributed by atoms with Gasteiger partial charge in [-0.15, -0.1) is 0 Å². The summed E-state index contributed by atoms with van der Waals surface area (Å²) in [6.45, 7) is 2.77. The second kappa shape index (κ2) is 7.41. The van der Waals surface area contributed by atoms with Gasteiger partial charge in [-0.3, -0.25) is 14.9 Å². The molecule has 124 valence electrons. The minimum atomic E-state index is -0.437. The summed E-state index contributed by atoms with van der Waals surface area (Å²) < 4.78 is 5.29. The molecule has 0 radical (unpaired) electrons. The minimum Gasteiger partial charge on any atom is -0.378 e. The summed E-state index contributed by atoms with van der Waals surface area (Å²) in [6, 6.07) is 6.21. The van der Waals surface area contributed by atoms with Crippen LogP contribution in [0.4, 0.5) is 5.69 Å². The molecule has 0 aliphatic carbocycles. The first-order valence-electron chi connectivity index (χ1n) is 7.40. The monoisotopic (exact) mass is 345 g/mol. The Labute approximate surface area is 142 Å². The lowest BCUT2D eigenvalue weighted by molar-refractivity contribution is -0.384. The fourth-order valence-electron chi connectivity index (χ4n) is 2.26. The molecule has 0 spiro atoms. The molecule has 3 rings (SSSR count). The van der Waals surface area contributed by atoms with Crippen molar-refractivity contribution in [3.8, 4) is 0 Å². The first-order chi connectivity index (χ1) is 11.6. The summed E-state index contributed by atoms with van der Waals surface area (Å²) in [7, 11) is 0. The number of non-ortho nitro benzene ring substituents is 1. The van der Waals surface area contributed by atoms with Crippen molar-refractivity contribution in [2.45, 2.75) is 0 Å². The molecule has 0 saturated carbocycles. The Morgan fingerprint density at radius 2 is 1.96 bits per heavy atom. The molecule has 1 fully saturated rings. The molecule has 2 heterocycles. The summed E-state index contributed by atoms with van der Waals surface area (Å²) >= 11 is 1.36. The third kappa shape index (κ3) is 3.90.